The van der Waals surface area contributed by atoms with Crippen LogP contribution in [0.3, 0.4) is 0 Å². The number of sulfonamides is 1. The van der Waals surface area contributed by atoms with E-state index in [0.717, 1.165) is 21.9 Å². The van der Waals surface area contributed by atoms with Crippen molar-refractivity contribution < 1.29 is 17.9 Å². The minimum absolute atomic E-state index is 0.0995. The summed E-state index contributed by atoms with van der Waals surface area (Å²) in [7, 11) is -1.98. The predicted octanol–water partition coefficient (Wildman–Crippen LogP) is 3.45. The number of hydrogen-bond acceptors (Lipinski definition) is 4. The van der Waals surface area contributed by atoms with Gasteiger partial charge in [0.15, 0.2) is 0 Å². The lowest BCUT2D eigenvalue weighted by atomic mass is 10.1. The van der Waals surface area contributed by atoms with E-state index in [9.17, 15) is 13.2 Å². The lowest BCUT2D eigenvalue weighted by Crippen LogP contribution is -2.26. The second kappa shape index (κ2) is 8.63. The molecule has 0 heterocycles. The van der Waals surface area contributed by atoms with Gasteiger partial charge in [-0.1, -0.05) is 23.7 Å². The maximum absolute atomic E-state index is 12.4. The van der Waals surface area contributed by atoms with Crippen LogP contribution in [0.1, 0.15) is 29.8 Å². The first kappa shape index (κ1) is 21.1. The quantitative estimate of drug-likeness (QED) is 0.758. The van der Waals surface area contributed by atoms with E-state index in [2.05, 4.69) is 5.32 Å². The molecule has 0 unspecified atom stereocenters. The first-order valence-corrected chi connectivity index (χ1v) is 10.6. The Morgan fingerprint density at radius 2 is 1.81 bits per heavy atom. The van der Waals surface area contributed by atoms with Gasteiger partial charge in [0, 0.05) is 13.6 Å². The van der Waals surface area contributed by atoms with Crippen molar-refractivity contribution >= 4 is 33.2 Å². The lowest BCUT2D eigenvalue weighted by molar-refractivity contribution is 0.0951. The third kappa shape index (κ3) is 5.87. The van der Waals surface area contributed by atoms with Gasteiger partial charge in [0.25, 0.3) is 5.91 Å². The number of benzene rings is 2. The van der Waals surface area contributed by atoms with Gasteiger partial charge in [0.05, 0.1) is 28.6 Å². The summed E-state index contributed by atoms with van der Waals surface area (Å²) in [4.78, 5) is 12.4. The molecule has 0 aromatic heterocycles. The van der Waals surface area contributed by atoms with Gasteiger partial charge in [0.1, 0.15) is 5.75 Å². The molecule has 0 radical (unpaired) electrons. The van der Waals surface area contributed by atoms with Crippen molar-refractivity contribution in [1.82, 2.24) is 5.32 Å². The highest BCUT2D eigenvalue weighted by Crippen LogP contribution is 2.24. The molecule has 0 aliphatic rings. The van der Waals surface area contributed by atoms with E-state index in [1.807, 2.05) is 38.1 Å². The summed E-state index contributed by atoms with van der Waals surface area (Å²) in [6.07, 6.45) is 1.20. The minimum Gasteiger partial charge on any atom is -0.491 e. The van der Waals surface area contributed by atoms with Crippen LogP contribution in [0.4, 0.5) is 5.69 Å². The second-order valence-electron chi connectivity index (χ2n) is 6.39. The highest BCUT2D eigenvalue weighted by Gasteiger charge is 2.16. The number of rotatable bonds is 7. The summed E-state index contributed by atoms with van der Waals surface area (Å²) in [5.74, 6) is 0.435. The van der Waals surface area contributed by atoms with Crippen molar-refractivity contribution in [2.45, 2.75) is 26.5 Å². The van der Waals surface area contributed by atoms with E-state index in [0.29, 0.717) is 12.2 Å². The van der Waals surface area contributed by atoms with Gasteiger partial charge in [0.2, 0.25) is 10.0 Å². The molecule has 146 valence electrons. The highest BCUT2D eigenvalue weighted by atomic mass is 35.5. The molecule has 0 aliphatic heterocycles. The van der Waals surface area contributed by atoms with Gasteiger partial charge in [-0.25, -0.2) is 8.42 Å². The smallest absolute Gasteiger partial charge is 0.253 e. The molecule has 0 spiro atoms. The van der Waals surface area contributed by atoms with Crippen LogP contribution in [-0.4, -0.2) is 33.7 Å². The van der Waals surface area contributed by atoms with Crippen LogP contribution < -0.4 is 14.4 Å². The fourth-order valence-electron chi connectivity index (χ4n) is 2.31. The number of hydrogen-bond donors (Lipinski definition) is 1. The van der Waals surface area contributed by atoms with Crippen molar-refractivity contribution in [3.8, 4) is 5.75 Å². The third-order valence-corrected chi connectivity index (χ3v) is 5.33. The number of carbonyl (C=O) groups excluding carboxylic acids is 1. The fraction of sp³-hybridized carbons (Fsp3) is 0.316. The predicted molar refractivity (Wildman–Crippen MR) is 108 cm³/mol. The van der Waals surface area contributed by atoms with Crippen LogP contribution in [0, 0.1) is 0 Å². The summed E-state index contributed by atoms with van der Waals surface area (Å²) < 4.78 is 29.9. The zero-order valence-corrected chi connectivity index (χ0v) is 17.3. The first-order valence-electron chi connectivity index (χ1n) is 8.35. The molecule has 1 amide bonds. The summed E-state index contributed by atoms with van der Waals surface area (Å²) >= 11 is 6.17. The van der Waals surface area contributed by atoms with E-state index >= 15 is 0 Å². The van der Waals surface area contributed by atoms with Crippen LogP contribution in [0.5, 0.6) is 5.75 Å². The number of nitrogens with zero attached hydrogens (tertiary/aromatic N) is 1. The van der Waals surface area contributed by atoms with E-state index < -0.39 is 10.0 Å². The van der Waals surface area contributed by atoms with Crippen molar-refractivity contribution in [3.63, 3.8) is 0 Å². The number of anilines is 1. The van der Waals surface area contributed by atoms with Gasteiger partial charge < -0.3 is 10.1 Å². The second-order valence-corrected chi connectivity index (χ2v) is 8.81. The molecule has 0 atom stereocenters. The Hall–Kier alpha value is -2.25. The van der Waals surface area contributed by atoms with Gasteiger partial charge >= 0.3 is 0 Å². The van der Waals surface area contributed by atoms with Crippen LogP contribution in [-0.2, 0) is 16.6 Å². The molecule has 8 heteroatoms. The Morgan fingerprint density at radius 3 is 2.33 bits per heavy atom. The zero-order chi connectivity index (χ0) is 20.2. The lowest BCUT2D eigenvalue weighted by Gasteiger charge is -2.17. The average molecular weight is 411 g/mol. The Labute approximate surface area is 165 Å². The van der Waals surface area contributed by atoms with Crippen molar-refractivity contribution in [2.75, 3.05) is 17.6 Å². The number of nitrogens with one attached hydrogen (secondary N) is 1. The summed E-state index contributed by atoms with van der Waals surface area (Å²) in [5, 5.41) is 2.98. The SMILES string of the molecule is CC(C)Oc1ccc(CNC(=O)c2ccc(N(C)S(C)(=O)=O)cc2Cl)cc1. The average Bonchev–Trinajstić information content (AvgIpc) is 2.58. The summed E-state index contributed by atoms with van der Waals surface area (Å²) in [6, 6.07) is 12.0. The zero-order valence-electron chi connectivity index (χ0n) is 15.7. The minimum atomic E-state index is -3.40. The molecular weight excluding hydrogens is 388 g/mol. The van der Waals surface area contributed by atoms with Gasteiger partial charge in [-0.3, -0.25) is 9.10 Å². The maximum Gasteiger partial charge on any atom is 0.253 e. The van der Waals surface area contributed by atoms with Crippen LogP contribution in [0.2, 0.25) is 5.02 Å². The summed E-state index contributed by atoms with van der Waals surface area (Å²) in [5.41, 5.74) is 1.59. The number of halogens is 1. The monoisotopic (exact) mass is 410 g/mol. The normalized spacial score (nSPS) is 11.3. The molecule has 2 aromatic rings. The van der Waals surface area contributed by atoms with Gasteiger partial charge in [-0.2, -0.15) is 0 Å². The van der Waals surface area contributed by atoms with Gasteiger partial charge in [-0.15, -0.1) is 0 Å². The molecule has 0 fully saturated rings. The number of amides is 1. The standard InChI is InChI=1S/C19H23ClN2O4S/c1-13(2)26-16-8-5-14(6-9-16)12-21-19(23)17-10-7-15(11-18(17)20)22(3)27(4,24)25/h5-11,13H,12H2,1-4H3,(H,21,23). The van der Waals surface area contributed by atoms with Crippen molar-refractivity contribution in [3.05, 3.63) is 58.6 Å². The van der Waals surface area contributed by atoms with E-state index in [-0.39, 0.29) is 22.6 Å². The first-order chi connectivity index (χ1) is 12.6. The molecule has 0 saturated carbocycles. The molecule has 27 heavy (non-hydrogen) atoms. The molecule has 0 aliphatic carbocycles. The van der Waals surface area contributed by atoms with Gasteiger partial charge in [-0.05, 0) is 49.7 Å². The van der Waals surface area contributed by atoms with Crippen molar-refractivity contribution in [1.29, 1.82) is 0 Å². The summed E-state index contributed by atoms with van der Waals surface area (Å²) in [6.45, 7) is 4.25. The van der Waals surface area contributed by atoms with E-state index in [1.54, 1.807) is 6.07 Å². The topological polar surface area (TPSA) is 75.7 Å². The Morgan fingerprint density at radius 1 is 1.19 bits per heavy atom. The number of ether oxygens (including phenoxy) is 1. The Balaban J connectivity index is 2.03. The fourth-order valence-corrected chi connectivity index (χ4v) is 3.07. The highest BCUT2D eigenvalue weighted by molar-refractivity contribution is 7.92. The molecule has 0 saturated heterocycles. The molecule has 1 N–H and O–H groups in total. The van der Waals surface area contributed by atoms with Crippen molar-refractivity contribution in [2.24, 2.45) is 0 Å². The molecule has 6 nitrogen and oxygen atoms in total. The van der Waals surface area contributed by atoms with Crippen LogP contribution in [0.25, 0.3) is 0 Å². The Bertz CT molecular complexity index is 912. The van der Waals surface area contributed by atoms with Crippen LogP contribution >= 0.6 is 11.6 Å². The molecular formula is C19H23ClN2O4S. The largest absolute Gasteiger partial charge is 0.491 e. The number of carbonyl (C=O) groups is 1. The van der Waals surface area contributed by atoms with E-state index in [4.69, 9.17) is 16.3 Å². The molecule has 0 bridgehead atoms. The maximum atomic E-state index is 12.4. The van der Waals surface area contributed by atoms with E-state index in [1.165, 1.54) is 19.2 Å². The Kier molecular flexibility index (Phi) is 6.73. The molecule has 2 rings (SSSR count). The molecule has 2 aromatic carbocycles. The third-order valence-electron chi connectivity index (χ3n) is 3.81. The van der Waals surface area contributed by atoms with Crippen LogP contribution in [0.15, 0.2) is 42.5 Å².